The van der Waals surface area contributed by atoms with Crippen LogP contribution in [0.25, 0.3) is 0 Å². The van der Waals surface area contributed by atoms with Gasteiger partial charge in [-0.3, -0.25) is 14.4 Å². The average Bonchev–Trinajstić information content (AvgIpc) is 3.33. The largest absolute Gasteiger partial charge is 0.483 e. The number of carbonyl (C=O) groups is 3. The number of nitrogens with one attached hydrogen (secondary N) is 3. The predicted octanol–water partition coefficient (Wildman–Crippen LogP) is 3.28. The SMILES string of the molecule is Cc1cc(NC(=O)COc2ccc(Br)cc2/C=N\NC(=O)C(=O)NC[C@H]2CCCO2)ccc1Br. The molecule has 9 nitrogen and oxygen atoms in total. The van der Waals surface area contributed by atoms with E-state index in [9.17, 15) is 14.4 Å². The van der Waals surface area contributed by atoms with E-state index < -0.39 is 11.8 Å². The van der Waals surface area contributed by atoms with Crippen LogP contribution in [0.5, 0.6) is 5.75 Å². The first-order valence-electron chi connectivity index (χ1n) is 10.5. The van der Waals surface area contributed by atoms with Gasteiger partial charge in [-0.2, -0.15) is 5.10 Å². The first-order valence-corrected chi connectivity index (χ1v) is 12.1. The van der Waals surface area contributed by atoms with Crippen LogP contribution in [0.1, 0.15) is 24.0 Å². The van der Waals surface area contributed by atoms with Crippen LogP contribution in [-0.2, 0) is 19.1 Å². The van der Waals surface area contributed by atoms with Crippen molar-refractivity contribution in [2.45, 2.75) is 25.9 Å². The molecule has 1 fully saturated rings. The molecule has 1 aliphatic heterocycles. The third-order valence-electron chi connectivity index (χ3n) is 4.86. The molecule has 2 aromatic rings. The van der Waals surface area contributed by atoms with Crippen LogP contribution in [0, 0.1) is 6.92 Å². The average molecular weight is 596 g/mol. The number of hydrogen-bond acceptors (Lipinski definition) is 6. The highest BCUT2D eigenvalue weighted by molar-refractivity contribution is 9.10. The summed E-state index contributed by atoms with van der Waals surface area (Å²) in [6.45, 7) is 2.65. The monoisotopic (exact) mass is 594 g/mol. The van der Waals surface area contributed by atoms with Gasteiger partial charge >= 0.3 is 11.8 Å². The fourth-order valence-electron chi connectivity index (χ4n) is 3.12. The van der Waals surface area contributed by atoms with Gasteiger partial charge in [-0.25, -0.2) is 5.43 Å². The summed E-state index contributed by atoms with van der Waals surface area (Å²) in [5.74, 6) is -1.64. The number of hydrazone groups is 1. The molecule has 0 unspecified atom stereocenters. The minimum atomic E-state index is -0.893. The van der Waals surface area contributed by atoms with Crippen LogP contribution in [0.3, 0.4) is 0 Å². The van der Waals surface area contributed by atoms with Crippen molar-refractivity contribution in [3.05, 3.63) is 56.5 Å². The zero-order valence-corrected chi connectivity index (χ0v) is 21.6. The second kappa shape index (κ2) is 12.6. The molecule has 1 saturated heterocycles. The lowest BCUT2D eigenvalue weighted by Crippen LogP contribution is -2.41. The molecule has 1 heterocycles. The highest BCUT2D eigenvalue weighted by atomic mass is 79.9. The molecule has 1 atom stereocenters. The van der Waals surface area contributed by atoms with Gasteiger partial charge < -0.3 is 20.1 Å². The summed E-state index contributed by atoms with van der Waals surface area (Å²) in [5, 5.41) is 9.13. The summed E-state index contributed by atoms with van der Waals surface area (Å²) >= 11 is 6.79. The predicted molar refractivity (Wildman–Crippen MR) is 135 cm³/mol. The number of benzene rings is 2. The van der Waals surface area contributed by atoms with Crippen LogP contribution < -0.4 is 20.8 Å². The Bertz CT molecular complexity index is 1090. The molecule has 3 amide bonds. The second-order valence-electron chi connectivity index (χ2n) is 7.53. The van der Waals surface area contributed by atoms with E-state index in [1.54, 1.807) is 24.3 Å². The lowest BCUT2D eigenvalue weighted by Gasteiger charge is -2.11. The van der Waals surface area contributed by atoms with Crippen LogP contribution in [0.4, 0.5) is 5.69 Å². The van der Waals surface area contributed by atoms with Crippen molar-refractivity contribution in [1.29, 1.82) is 0 Å². The maximum Gasteiger partial charge on any atom is 0.329 e. The summed E-state index contributed by atoms with van der Waals surface area (Å²) in [5.41, 5.74) is 4.34. The molecule has 3 rings (SSSR count). The number of nitrogens with zero attached hydrogens (tertiary/aromatic N) is 1. The third kappa shape index (κ3) is 7.93. The van der Waals surface area contributed by atoms with Gasteiger partial charge in [0, 0.05) is 33.3 Å². The van der Waals surface area contributed by atoms with Crippen molar-refractivity contribution < 1.29 is 23.9 Å². The molecule has 2 aromatic carbocycles. The van der Waals surface area contributed by atoms with Crippen LogP contribution in [0.15, 0.2) is 50.4 Å². The van der Waals surface area contributed by atoms with E-state index in [0.29, 0.717) is 23.6 Å². The maximum absolute atomic E-state index is 12.3. The van der Waals surface area contributed by atoms with Crippen molar-refractivity contribution in [3.8, 4) is 5.75 Å². The highest BCUT2D eigenvalue weighted by Gasteiger charge is 2.19. The summed E-state index contributed by atoms with van der Waals surface area (Å²) in [7, 11) is 0. The Labute approximate surface area is 213 Å². The van der Waals surface area contributed by atoms with E-state index in [-0.39, 0.29) is 25.2 Å². The quantitative estimate of drug-likeness (QED) is 0.246. The second-order valence-corrected chi connectivity index (χ2v) is 9.30. The van der Waals surface area contributed by atoms with E-state index in [0.717, 1.165) is 27.4 Å². The van der Waals surface area contributed by atoms with Gasteiger partial charge in [0.05, 0.1) is 12.3 Å². The molecule has 0 spiro atoms. The van der Waals surface area contributed by atoms with Crippen LogP contribution in [0.2, 0.25) is 0 Å². The highest BCUT2D eigenvalue weighted by Crippen LogP contribution is 2.23. The lowest BCUT2D eigenvalue weighted by molar-refractivity contribution is -0.139. The zero-order chi connectivity index (χ0) is 24.5. The van der Waals surface area contributed by atoms with E-state index in [1.165, 1.54) is 6.21 Å². The number of aryl methyl sites for hydroxylation is 1. The number of halogens is 2. The van der Waals surface area contributed by atoms with Crippen molar-refractivity contribution in [1.82, 2.24) is 10.7 Å². The Hall–Kier alpha value is -2.76. The number of ether oxygens (including phenoxy) is 2. The Morgan fingerprint density at radius 2 is 2.00 bits per heavy atom. The summed E-state index contributed by atoms with van der Waals surface area (Å²) in [4.78, 5) is 36.1. The van der Waals surface area contributed by atoms with Crippen LogP contribution >= 0.6 is 31.9 Å². The minimum absolute atomic E-state index is 0.0633. The Morgan fingerprint density at radius 3 is 2.74 bits per heavy atom. The Kier molecular flexibility index (Phi) is 9.61. The van der Waals surface area contributed by atoms with Gasteiger partial charge in [0.1, 0.15) is 5.75 Å². The summed E-state index contributed by atoms with van der Waals surface area (Å²) < 4.78 is 12.7. The molecule has 0 aliphatic carbocycles. The Morgan fingerprint density at radius 1 is 1.18 bits per heavy atom. The molecule has 0 radical (unpaired) electrons. The molecular weight excluding hydrogens is 572 g/mol. The van der Waals surface area contributed by atoms with Gasteiger partial charge in [0.25, 0.3) is 5.91 Å². The van der Waals surface area contributed by atoms with Gasteiger partial charge in [-0.15, -0.1) is 0 Å². The minimum Gasteiger partial charge on any atom is -0.483 e. The lowest BCUT2D eigenvalue weighted by atomic mass is 10.2. The Balaban J connectivity index is 1.52. The molecule has 34 heavy (non-hydrogen) atoms. The molecule has 0 saturated carbocycles. The van der Waals surface area contributed by atoms with E-state index >= 15 is 0 Å². The van der Waals surface area contributed by atoms with Crippen molar-refractivity contribution in [2.24, 2.45) is 5.10 Å². The molecule has 180 valence electrons. The van der Waals surface area contributed by atoms with Gasteiger partial charge in [-0.1, -0.05) is 31.9 Å². The third-order valence-corrected chi connectivity index (χ3v) is 6.25. The van der Waals surface area contributed by atoms with Gasteiger partial charge in [0.15, 0.2) is 6.61 Å². The van der Waals surface area contributed by atoms with Crippen molar-refractivity contribution in [2.75, 3.05) is 25.1 Å². The summed E-state index contributed by atoms with van der Waals surface area (Å²) in [6.07, 6.45) is 3.07. The first kappa shape index (κ1) is 25.9. The number of hydrogen-bond donors (Lipinski definition) is 3. The van der Waals surface area contributed by atoms with Crippen molar-refractivity contribution in [3.63, 3.8) is 0 Å². The van der Waals surface area contributed by atoms with Gasteiger partial charge in [-0.05, 0) is 61.7 Å². The molecule has 3 N–H and O–H groups in total. The van der Waals surface area contributed by atoms with E-state index in [4.69, 9.17) is 9.47 Å². The first-order chi connectivity index (χ1) is 16.3. The topological polar surface area (TPSA) is 118 Å². The molecule has 0 aromatic heterocycles. The summed E-state index contributed by atoms with van der Waals surface area (Å²) in [6, 6.07) is 10.6. The number of rotatable bonds is 8. The smallest absolute Gasteiger partial charge is 0.329 e. The zero-order valence-electron chi connectivity index (χ0n) is 18.4. The molecule has 1 aliphatic rings. The standard InChI is InChI=1S/C23H24Br2N4O5/c1-14-9-17(5-6-19(14)25)28-21(30)13-34-20-7-4-16(24)10-15(20)11-27-29-23(32)22(31)26-12-18-3-2-8-33-18/h4-7,9-11,18H,2-3,8,12-13H2,1H3,(H,26,31)(H,28,30)(H,29,32)/b27-11-/t18-/m1/s1. The fraction of sp³-hybridized carbons (Fsp3) is 0.304. The molecule has 11 heteroatoms. The van der Waals surface area contributed by atoms with Crippen molar-refractivity contribution >= 4 is 61.5 Å². The van der Waals surface area contributed by atoms with E-state index in [1.807, 2.05) is 19.1 Å². The molecular formula is C23H24Br2N4O5. The van der Waals surface area contributed by atoms with Gasteiger partial charge in [0.2, 0.25) is 0 Å². The van der Waals surface area contributed by atoms with Crippen LogP contribution in [-0.4, -0.2) is 49.8 Å². The number of anilines is 1. The number of carbonyl (C=O) groups excluding carboxylic acids is 3. The molecule has 0 bridgehead atoms. The van der Waals surface area contributed by atoms with E-state index in [2.05, 4.69) is 53.0 Å². The fourth-order valence-corrected chi connectivity index (χ4v) is 3.74. The number of amides is 3. The normalized spacial score (nSPS) is 15.2. The maximum atomic E-state index is 12.3.